The van der Waals surface area contributed by atoms with Crippen molar-refractivity contribution in [3.05, 3.63) is 12.2 Å². The molecule has 0 N–H and O–H groups in total. The molecule has 0 aromatic carbocycles. The zero-order valence-corrected chi connectivity index (χ0v) is 9.38. The van der Waals surface area contributed by atoms with Crippen LogP contribution in [0.4, 0.5) is 0 Å². The summed E-state index contributed by atoms with van der Waals surface area (Å²) in [6.45, 7) is 5.10. The number of hydrogen-bond acceptors (Lipinski definition) is 2. The molecule has 14 heavy (non-hydrogen) atoms. The van der Waals surface area contributed by atoms with Gasteiger partial charge in [-0.2, -0.15) is 0 Å². The Kier molecular flexibility index (Phi) is 6.99. The average molecular weight is 196 g/mol. The van der Waals surface area contributed by atoms with E-state index in [4.69, 9.17) is 0 Å². The predicted octanol–water partition coefficient (Wildman–Crippen LogP) is 2.92. The lowest BCUT2D eigenvalue weighted by Gasteiger charge is -2.05. The zero-order chi connectivity index (χ0) is 11.0. The highest BCUT2D eigenvalue weighted by atomic mass is 16.1. The van der Waals surface area contributed by atoms with Gasteiger partial charge >= 0.3 is 0 Å². The van der Waals surface area contributed by atoms with Crippen molar-refractivity contribution in [3.63, 3.8) is 0 Å². The van der Waals surface area contributed by atoms with Crippen LogP contribution in [-0.2, 0) is 9.59 Å². The largest absolute Gasteiger partial charge is 0.299 e. The van der Waals surface area contributed by atoms with Crippen LogP contribution in [0.5, 0.6) is 0 Å². The molecule has 0 saturated heterocycles. The number of rotatable bonds is 7. The summed E-state index contributed by atoms with van der Waals surface area (Å²) in [7, 11) is 0. The molecule has 2 nitrogen and oxygen atoms in total. The normalized spacial score (nSPS) is 11.1. The summed E-state index contributed by atoms with van der Waals surface area (Å²) in [6.07, 6.45) is 7.95. The lowest BCUT2D eigenvalue weighted by molar-refractivity contribution is -0.130. The molecule has 0 aromatic heterocycles. The second kappa shape index (κ2) is 7.48. The minimum Gasteiger partial charge on any atom is -0.299 e. The lowest BCUT2D eigenvalue weighted by Crippen LogP contribution is -2.18. The first-order chi connectivity index (χ1) is 6.59. The van der Waals surface area contributed by atoms with E-state index in [1.54, 1.807) is 0 Å². The van der Waals surface area contributed by atoms with Gasteiger partial charge in [-0.25, -0.2) is 0 Å². The maximum Gasteiger partial charge on any atom is 0.140 e. The summed E-state index contributed by atoms with van der Waals surface area (Å²) in [5.41, 5.74) is 0. The van der Waals surface area contributed by atoms with E-state index in [0.29, 0.717) is 6.42 Å². The Morgan fingerprint density at radius 1 is 1.14 bits per heavy atom. The molecule has 0 radical (unpaired) electrons. The van der Waals surface area contributed by atoms with E-state index in [1.165, 1.54) is 26.7 Å². The Morgan fingerprint density at radius 3 is 2.14 bits per heavy atom. The first kappa shape index (κ1) is 13.1. The minimum atomic E-state index is -0.423. The standard InChI is InChI=1S/C12H20O2/c1-4-5-6-7-8-9-12(10(2)13)11(3)14/h7-8,12H,4-6,9H2,1-3H3. The molecule has 0 fully saturated rings. The number of Topliss-reactive ketones (excluding diaryl/α,β-unsaturated/α-hetero) is 2. The van der Waals surface area contributed by atoms with Gasteiger partial charge < -0.3 is 0 Å². The molecule has 0 saturated carbocycles. The third-order valence-electron chi connectivity index (χ3n) is 2.24. The first-order valence-electron chi connectivity index (χ1n) is 5.25. The first-order valence-corrected chi connectivity index (χ1v) is 5.25. The number of unbranched alkanes of at least 4 members (excludes halogenated alkanes) is 2. The predicted molar refractivity (Wildman–Crippen MR) is 58.1 cm³/mol. The second-order valence-corrected chi connectivity index (χ2v) is 3.62. The fraction of sp³-hybridized carbons (Fsp3) is 0.667. The van der Waals surface area contributed by atoms with Gasteiger partial charge in [0.15, 0.2) is 0 Å². The number of carbonyl (C=O) groups excluding carboxylic acids is 2. The van der Waals surface area contributed by atoms with Crippen LogP contribution in [0.15, 0.2) is 12.2 Å². The summed E-state index contributed by atoms with van der Waals surface area (Å²) in [5, 5.41) is 0. The van der Waals surface area contributed by atoms with Gasteiger partial charge in [0.1, 0.15) is 11.6 Å². The highest BCUT2D eigenvalue weighted by molar-refractivity contribution is 6.00. The molecular formula is C12H20O2. The van der Waals surface area contributed by atoms with Crippen molar-refractivity contribution in [2.45, 2.75) is 46.5 Å². The second-order valence-electron chi connectivity index (χ2n) is 3.62. The molecule has 0 rings (SSSR count). The van der Waals surface area contributed by atoms with Crippen LogP contribution in [0.3, 0.4) is 0 Å². The summed E-state index contributed by atoms with van der Waals surface area (Å²) < 4.78 is 0. The van der Waals surface area contributed by atoms with Crippen LogP contribution < -0.4 is 0 Å². The Hall–Kier alpha value is -0.920. The van der Waals surface area contributed by atoms with Crippen molar-refractivity contribution in [2.24, 2.45) is 5.92 Å². The molecule has 0 aliphatic rings. The number of allylic oxidation sites excluding steroid dienone is 2. The van der Waals surface area contributed by atoms with E-state index < -0.39 is 5.92 Å². The third-order valence-corrected chi connectivity index (χ3v) is 2.24. The van der Waals surface area contributed by atoms with Crippen molar-refractivity contribution in [1.29, 1.82) is 0 Å². The molecule has 0 aliphatic heterocycles. The molecule has 0 aromatic rings. The van der Waals surface area contributed by atoms with E-state index in [9.17, 15) is 9.59 Å². The maximum absolute atomic E-state index is 11.1. The fourth-order valence-corrected chi connectivity index (χ4v) is 1.29. The van der Waals surface area contributed by atoms with Gasteiger partial charge in [0.2, 0.25) is 0 Å². The van der Waals surface area contributed by atoms with Gasteiger partial charge in [-0.1, -0.05) is 31.9 Å². The number of hydrogen-bond donors (Lipinski definition) is 0. The van der Waals surface area contributed by atoms with Crippen molar-refractivity contribution in [2.75, 3.05) is 0 Å². The Morgan fingerprint density at radius 2 is 1.71 bits per heavy atom. The number of ketones is 2. The highest BCUT2D eigenvalue weighted by Crippen LogP contribution is 2.08. The van der Waals surface area contributed by atoms with Crippen molar-refractivity contribution < 1.29 is 9.59 Å². The molecular weight excluding hydrogens is 176 g/mol. The molecule has 0 unspecified atom stereocenters. The van der Waals surface area contributed by atoms with Gasteiger partial charge in [0, 0.05) is 0 Å². The van der Waals surface area contributed by atoms with Crippen LogP contribution in [0, 0.1) is 5.92 Å². The molecule has 0 spiro atoms. The Labute approximate surface area is 86.4 Å². The minimum absolute atomic E-state index is 0.0300. The van der Waals surface area contributed by atoms with Gasteiger partial charge in [-0.15, -0.1) is 0 Å². The van der Waals surface area contributed by atoms with Gasteiger partial charge in [-0.05, 0) is 26.7 Å². The fourth-order valence-electron chi connectivity index (χ4n) is 1.29. The molecule has 0 atom stereocenters. The van der Waals surface area contributed by atoms with Crippen LogP contribution in [0.25, 0.3) is 0 Å². The topological polar surface area (TPSA) is 34.1 Å². The van der Waals surface area contributed by atoms with E-state index in [-0.39, 0.29) is 11.6 Å². The SMILES string of the molecule is CCCCC=CCC(C(C)=O)C(C)=O. The van der Waals surface area contributed by atoms with Gasteiger partial charge in [-0.3, -0.25) is 9.59 Å². The number of carbonyl (C=O) groups is 2. The molecule has 2 heteroatoms. The van der Waals surface area contributed by atoms with Crippen LogP contribution in [-0.4, -0.2) is 11.6 Å². The Balaban J connectivity index is 3.88. The van der Waals surface area contributed by atoms with E-state index >= 15 is 0 Å². The molecule has 0 heterocycles. The summed E-state index contributed by atoms with van der Waals surface area (Å²) in [4.78, 5) is 22.1. The molecule has 80 valence electrons. The van der Waals surface area contributed by atoms with Crippen molar-refractivity contribution in [3.8, 4) is 0 Å². The van der Waals surface area contributed by atoms with Crippen molar-refractivity contribution >= 4 is 11.6 Å². The average Bonchev–Trinajstić information content (AvgIpc) is 2.09. The molecule has 0 aliphatic carbocycles. The smallest absolute Gasteiger partial charge is 0.140 e. The Bertz CT molecular complexity index is 202. The monoisotopic (exact) mass is 196 g/mol. The van der Waals surface area contributed by atoms with Crippen LogP contribution >= 0.6 is 0 Å². The highest BCUT2D eigenvalue weighted by Gasteiger charge is 2.16. The van der Waals surface area contributed by atoms with E-state index in [1.807, 2.05) is 6.08 Å². The summed E-state index contributed by atoms with van der Waals surface area (Å²) >= 11 is 0. The molecule has 0 bridgehead atoms. The third kappa shape index (κ3) is 5.68. The van der Waals surface area contributed by atoms with Crippen LogP contribution in [0.2, 0.25) is 0 Å². The summed E-state index contributed by atoms with van der Waals surface area (Å²) in [5.74, 6) is -0.483. The van der Waals surface area contributed by atoms with Crippen molar-refractivity contribution in [1.82, 2.24) is 0 Å². The van der Waals surface area contributed by atoms with E-state index in [0.717, 1.165) is 6.42 Å². The quantitative estimate of drug-likeness (QED) is 0.356. The molecule has 0 amide bonds. The van der Waals surface area contributed by atoms with E-state index in [2.05, 4.69) is 13.0 Å². The van der Waals surface area contributed by atoms with Gasteiger partial charge in [0.25, 0.3) is 0 Å². The lowest BCUT2D eigenvalue weighted by atomic mass is 9.97. The van der Waals surface area contributed by atoms with Gasteiger partial charge in [0.05, 0.1) is 5.92 Å². The zero-order valence-electron chi connectivity index (χ0n) is 9.38. The van der Waals surface area contributed by atoms with Crippen LogP contribution in [0.1, 0.15) is 46.5 Å². The summed E-state index contributed by atoms with van der Waals surface area (Å²) in [6, 6.07) is 0. The maximum atomic E-state index is 11.1.